The zero-order valence-electron chi connectivity index (χ0n) is 9.12. The van der Waals surface area contributed by atoms with Crippen LogP contribution in [-0.2, 0) is 0 Å². The van der Waals surface area contributed by atoms with Gasteiger partial charge in [-0.05, 0) is 0 Å². The Morgan fingerprint density at radius 1 is 1.27 bits per heavy atom. The number of alkyl halides is 2. The molecule has 0 aromatic heterocycles. The van der Waals surface area contributed by atoms with Gasteiger partial charge in [-0.15, -0.1) is 0 Å². The smallest absolute Gasteiger partial charge is 0.319 e. The first kappa shape index (κ1) is 12.2. The molecule has 1 saturated heterocycles. The van der Waals surface area contributed by atoms with Crippen molar-refractivity contribution in [1.82, 2.24) is 14.7 Å². The molecule has 88 valence electrons. The molecule has 0 saturated carbocycles. The van der Waals surface area contributed by atoms with Crippen LogP contribution in [-0.4, -0.2) is 74.0 Å². The first-order chi connectivity index (χ1) is 7.00. The molecule has 0 aliphatic carbocycles. The molecule has 0 radical (unpaired) electrons. The van der Waals surface area contributed by atoms with Crippen LogP contribution in [0.25, 0.3) is 0 Å². The number of piperazine rings is 1. The molecule has 0 aromatic carbocycles. The number of hydrogen-bond acceptors (Lipinski definition) is 2. The highest BCUT2D eigenvalue weighted by Crippen LogP contribution is 2.06. The van der Waals surface area contributed by atoms with E-state index in [1.807, 2.05) is 0 Å². The average Bonchev–Trinajstić information content (AvgIpc) is 2.17. The lowest BCUT2D eigenvalue weighted by Gasteiger charge is -2.35. The maximum Gasteiger partial charge on any atom is 0.319 e. The number of urea groups is 1. The van der Waals surface area contributed by atoms with Crippen LogP contribution in [0.5, 0.6) is 0 Å². The number of carbonyl (C=O) groups is 1. The molecular weight excluding hydrogens is 204 g/mol. The fourth-order valence-electron chi connectivity index (χ4n) is 1.60. The van der Waals surface area contributed by atoms with E-state index < -0.39 is 6.43 Å². The van der Waals surface area contributed by atoms with Crippen LogP contribution in [0.3, 0.4) is 0 Å². The Balaban J connectivity index is 2.32. The van der Waals surface area contributed by atoms with E-state index in [0.717, 1.165) is 0 Å². The quantitative estimate of drug-likeness (QED) is 0.681. The minimum atomic E-state index is -2.29. The van der Waals surface area contributed by atoms with Crippen LogP contribution in [0.2, 0.25) is 0 Å². The average molecular weight is 221 g/mol. The summed E-state index contributed by atoms with van der Waals surface area (Å²) in [6.45, 7) is 1.94. The fourth-order valence-corrected chi connectivity index (χ4v) is 1.60. The molecule has 1 fully saturated rings. The first-order valence-corrected chi connectivity index (χ1v) is 4.97. The summed E-state index contributed by atoms with van der Waals surface area (Å²) in [5.41, 5.74) is 0. The molecule has 4 nitrogen and oxygen atoms in total. The molecule has 0 unspecified atom stereocenters. The van der Waals surface area contributed by atoms with Crippen molar-refractivity contribution >= 4 is 6.03 Å². The van der Waals surface area contributed by atoms with Gasteiger partial charge in [-0.3, -0.25) is 4.90 Å². The summed E-state index contributed by atoms with van der Waals surface area (Å²) in [7, 11) is 3.38. The van der Waals surface area contributed by atoms with Crippen LogP contribution < -0.4 is 0 Å². The summed E-state index contributed by atoms with van der Waals surface area (Å²) in [5.74, 6) is 0. The Bertz CT molecular complexity index is 215. The lowest BCUT2D eigenvalue weighted by molar-refractivity contribution is 0.0604. The van der Waals surface area contributed by atoms with Gasteiger partial charge in [0.15, 0.2) is 0 Å². The second-order valence-corrected chi connectivity index (χ2v) is 3.86. The van der Waals surface area contributed by atoms with E-state index in [9.17, 15) is 13.6 Å². The highest BCUT2D eigenvalue weighted by Gasteiger charge is 2.23. The van der Waals surface area contributed by atoms with Gasteiger partial charge in [0, 0.05) is 40.3 Å². The third-order valence-electron chi connectivity index (χ3n) is 2.42. The normalized spacial score (nSPS) is 18.3. The number of amides is 2. The largest absolute Gasteiger partial charge is 0.331 e. The molecule has 0 atom stereocenters. The van der Waals surface area contributed by atoms with Gasteiger partial charge in [-0.1, -0.05) is 0 Å². The van der Waals surface area contributed by atoms with Crippen molar-refractivity contribution < 1.29 is 13.6 Å². The molecule has 1 heterocycles. The van der Waals surface area contributed by atoms with Gasteiger partial charge in [0.25, 0.3) is 6.43 Å². The maximum atomic E-state index is 12.1. The van der Waals surface area contributed by atoms with Crippen LogP contribution >= 0.6 is 0 Å². The van der Waals surface area contributed by atoms with Crippen LogP contribution in [0.15, 0.2) is 0 Å². The summed E-state index contributed by atoms with van der Waals surface area (Å²) in [6.07, 6.45) is -2.29. The molecule has 2 amide bonds. The minimum Gasteiger partial charge on any atom is -0.331 e. The summed E-state index contributed by atoms with van der Waals surface area (Å²) in [4.78, 5) is 16.4. The predicted octanol–water partition coefficient (Wildman–Crippen LogP) is 0.551. The molecule has 6 heteroatoms. The minimum absolute atomic E-state index is 0.0494. The Hall–Kier alpha value is -0.910. The van der Waals surface area contributed by atoms with Crippen LogP contribution in [0, 0.1) is 0 Å². The van der Waals surface area contributed by atoms with Crippen molar-refractivity contribution in [1.29, 1.82) is 0 Å². The van der Waals surface area contributed by atoms with Gasteiger partial charge in [-0.2, -0.15) is 0 Å². The second kappa shape index (κ2) is 5.25. The van der Waals surface area contributed by atoms with Gasteiger partial charge < -0.3 is 9.80 Å². The van der Waals surface area contributed by atoms with Gasteiger partial charge in [0.05, 0.1) is 6.54 Å². The third-order valence-corrected chi connectivity index (χ3v) is 2.42. The standard InChI is InChI=1S/C9H17F2N3O/c1-12(2)9(15)14-5-3-13(4-6-14)7-8(10)11/h8H,3-7H2,1-2H3. The van der Waals surface area contributed by atoms with Gasteiger partial charge in [0.2, 0.25) is 0 Å². The molecule has 1 rings (SSSR count). The highest BCUT2D eigenvalue weighted by molar-refractivity contribution is 5.73. The highest BCUT2D eigenvalue weighted by atomic mass is 19.3. The lowest BCUT2D eigenvalue weighted by atomic mass is 10.3. The summed E-state index contributed by atoms with van der Waals surface area (Å²) in [5, 5.41) is 0. The summed E-state index contributed by atoms with van der Waals surface area (Å²) >= 11 is 0. The topological polar surface area (TPSA) is 26.8 Å². The number of rotatable bonds is 2. The number of halogens is 2. The number of carbonyl (C=O) groups excluding carboxylic acids is 1. The van der Waals surface area contributed by atoms with Crippen molar-refractivity contribution in [3.8, 4) is 0 Å². The van der Waals surface area contributed by atoms with Gasteiger partial charge in [-0.25, -0.2) is 13.6 Å². The van der Waals surface area contributed by atoms with E-state index >= 15 is 0 Å². The monoisotopic (exact) mass is 221 g/mol. The molecule has 0 spiro atoms. The van der Waals surface area contributed by atoms with Crippen molar-refractivity contribution in [3.05, 3.63) is 0 Å². The second-order valence-electron chi connectivity index (χ2n) is 3.86. The number of nitrogens with zero attached hydrogens (tertiary/aromatic N) is 3. The molecular formula is C9H17F2N3O. The zero-order chi connectivity index (χ0) is 11.4. The Morgan fingerprint density at radius 2 is 1.80 bits per heavy atom. The SMILES string of the molecule is CN(C)C(=O)N1CCN(CC(F)F)CC1. The van der Waals surface area contributed by atoms with E-state index in [4.69, 9.17) is 0 Å². The van der Waals surface area contributed by atoms with Crippen molar-refractivity contribution in [2.45, 2.75) is 6.43 Å². The Labute approximate surface area is 88.4 Å². The van der Waals surface area contributed by atoms with Crippen molar-refractivity contribution in [2.24, 2.45) is 0 Å². The molecule has 15 heavy (non-hydrogen) atoms. The van der Waals surface area contributed by atoms with E-state index in [0.29, 0.717) is 26.2 Å². The summed E-state index contributed by atoms with van der Waals surface area (Å²) < 4.78 is 24.1. The molecule has 1 aliphatic heterocycles. The van der Waals surface area contributed by atoms with E-state index in [2.05, 4.69) is 0 Å². The number of hydrogen-bond donors (Lipinski definition) is 0. The fraction of sp³-hybridized carbons (Fsp3) is 0.889. The van der Waals surface area contributed by atoms with Gasteiger partial charge in [0.1, 0.15) is 0 Å². The molecule has 1 aliphatic rings. The predicted molar refractivity (Wildman–Crippen MR) is 53.1 cm³/mol. The van der Waals surface area contributed by atoms with Crippen molar-refractivity contribution in [2.75, 3.05) is 46.8 Å². The van der Waals surface area contributed by atoms with E-state index in [-0.39, 0.29) is 12.6 Å². The van der Waals surface area contributed by atoms with Crippen LogP contribution in [0.4, 0.5) is 13.6 Å². The maximum absolute atomic E-state index is 12.1. The van der Waals surface area contributed by atoms with Crippen molar-refractivity contribution in [3.63, 3.8) is 0 Å². The van der Waals surface area contributed by atoms with Gasteiger partial charge >= 0.3 is 6.03 Å². The van der Waals surface area contributed by atoms with Crippen LogP contribution in [0.1, 0.15) is 0 Å². The third kappa shape index (κ3) is 3.62. The first-order valence-electron chi connectivity index (χ1n) is 4.97. The molecule has 0 aromatic rings. The lowest BCUT2D eigenvalue weighted by Crippen LogP contribution is -2.52. The van der Waals surface area contributed by atoms with E-state index in [1.165, 1.54) is 4.90 Å². The van der Waals surface area contributed by atoms with E-state index in [1.54, 1.807) is 23.9 Å². The Morgan fingerprint density at radius 3 is 2.20 bits per heavy atom. The summed E-state index contributed by atoms with van der Waals surface area (Å²) in [6, 6.07) is -0.0494. The molecule has 0 N–H and O–H groups in total. The Kier molecular flexibility index (Phi) is 4.26. The molecule has 0 bridgehead atoms. The zero-order valence-corrected chi connectivity index (χ0v) is 9.12.